The summed E-state index contributed by atoms with van der Waals surface area (Å²) in [5.74, 6) is 0. The molecule has 0 N–H and O–H groups in total. The second kappa shape index (κ2) is 3.49. The van der Waals surface area contributed by atoms with Gasteiger partial charge in [-0.15, -0.1) is 0 Å². The highest BCUT2D eigenvalue weighted by Crippen LogP contribution is 2.24. The summed E-state index contributed by atoms with van der Waals surface area (Å²) in [5, 5.41) is 1.43. The van der Waals surface area contributed by atoms with Gasteiger partial charge in [-0.2, -0.15) is 0 Å². The summed E-state index contributed by atoms with van der Waals surface area (Å²) < 4.78 is 2.36. The zero-order valence-electron chi connectivity index (χ0n) is 9.17. The van der Waals surface area contributed by atoms with Gasteiger partial charge in [0.15, 0.2) is 0 Å². The Morgan fingerprint density at radius 1 is 1.14 bits per heavy atom. The number of aromatic nitrogens is 1. The maximum atomic E-state index is 2.36. The van der Waals surface area contributed by atoms with Gasteiger partial charge in [0.25, 0.3) is 0 Å². The third kappa shape index (κ3) is 1.33. The van der Waals surface area contributed by atoms with E-state index in [-0.39, 0.29) is 0 Å². The van der Waals surface area contributed by atoms with Gasteiger partial charge in [0.1, 0.15) is 0 Å². The van der Waals surface area contributed by atoms with Crippen LogP contribution >= 0.6 is 0 Å². The molecule has 0 spiro atoms. The van der Waals surface area contributed by atoms with Crippen LogP contribution in [0.25, 0.3) is 10.9 Å². The van der Waals surface area contributed by atoms with E-state index in [2.05, 4.69) is 49.7 Å². The summed E-state index contributed by atoms with van der Waals surface area (Å²) in [7, 11) is 0. The first-order valence-corrected chi connectivity index (χ1v) is 5.29. The van der Waals surface area contributed by atoms with E-state index in [1.54, 1.807) is 0 Å². The fraction of sp³-hybridized carbons (Fsp3) is 0.385. The van der Waals surface area contributed by atoms with Gasteiger partial charge in [0, 0.05) is 23.6 Å². The van der Waals surface area contributed by atoms with E-state index in [1.807, 2.05) is 0 Å². The van der Waals surface area contributed by atoms with Crippen molar-refractivity contribution in [1.82, 2.24) is 4.57 Å². The van der Waals surface area contributed by atoms with Crippen molar-refractivity contribution in [1.29, 1.82) is 0 Å². The zero-order valence-corrected chi connectivity index (χ0v) is 9.17. The standard InChI is InChI=1S/C13H17N/c1-4-8-14-9-11(3)13-10(2)6-5-7-12(13)14/h5-7,9H,4,8H2,1-3H3. The van der Waals surface area contributed by atoms with E-state index in [1.165, 1.54) is 28.5 Å². The molecule has 0 saturated heterocycles. The molecular weight excluding hydrogens is 170 g/mol. The molecule has 0 amide bonds. The average molecular weight is 187 g/mol. The summed E-state index contributed by atoms with van der Waals surface area (Å²) in [6.07, 6.45) is 3.46. The van der Waals surface area contributed by atoms with Gasteiger partial charge < -0.3 is 4.57 Å². The van der Waals surface area contributed by atoms with Crippen LogP contribution in [-0.2, 0) is 6.54 Å². The number of nitrogens with zero attached hydrogens (tertiary/aromatic N) is 1. The molecule has 0 atom stereocenters. The van der Waals surface area contributed by atoms with Crippen molar-refractivity contribution in [3.8, 4) is 0 Å². The van der Waals surface area contributed by atoms with E-state index < -0.39 is 0 Å². The Morgan fingerprint density at radius 2 is 1.93 bits per heavy atom. The highest BCUT2D eigenvalue weighted by atomic mass is 14.9. The highest BCUT2D eigenvalue weighted by molar-refractivity contribution is 5.86. The predicted molar refractivity (Wildman–Crippen MR) is 61.7 cm³/mol. The number of aryl methyl sites for hydroxylation is 3. The second-order valence-corrected chi connectivity index (χ2v) is 3.97. The third-order valence-corrected chi connectivity index (χ3v) is 2.77. The van der Waals surface area contributed by atoms with Crippen molar-refractivity contribution < 1.29 is 0 Å². The topological polar surface area (TPSA) is 4.93 Å². The lowest BCUT2D eigenvalue weighted by Gasteiger charge is -2.02. The minimum absolute atomic E-state index is 1.12. The van der Waals surface area contributed by atoms with Gasteiger partial charge >= 0.3 is 0 Å². The van der Waals surface area contributed by atoms with Crippen molar-refractivity contribution in [2.45, 2.75) is 33.7 Å². The van der Waals surface area contributed by atoms with Crippen LogP contribution in [0, 0.1) is 13.8 Å². The fourth-order valence-electron chi connectivity index (χ4n) is 2.20. The SMILES string of the molecule is CCCn1cc(C)c2c(C)cccc21. The molecule has 0 bridgehead atoms. The molecule has 1 heteroatoms. The van der Waals surface area contributed by atoms with Gasteiger partial charge in [-0.25, -0.2) is 0 Å². The van der Waals surface area contributed by atoms with E-state index in [4.69, 9.17) is 0 Å². The molecule has 0 radical (unpaired) electrons. The van der Waals surface area contributed by atoms with Crippen LogP contribution in [0.1, 0.15) is 24.5 Å². The molecule has 1 aromatic carbocycles. The molecule has 14 heavy (non-hydrogen) atoms. The van der Waals surface area contributed by atoms with Gasteiger partial charge in [0.2, 0.25) is 0 Å². The minimum atomic E-state index is 1.12. The van der Waals surface area contributed by atoms with Gasteiger partial charge in [-0.05, 0) is 37.5 Å². The molecular formula is C13H17N. The minimum Gasteiger partial charge on any atom is -0.347 e. The van der Waals surface area contributed by atoms with E-state index in [0.717, 1.165) is 6.54 Å². The maximum absolute atomic E-state index is 2.36. The Hall–Kier alpha value is -1.24. The molecule has 0 unspecified atom stereocenters. The Bertz CT molecular complexity index is 451. The number of hydrogen-bond donors (Lipinski definition) is 0. The van der Waals surface area contributed by atoms with Crippen LogP contribution in [0.15, 0.2) is 24.4 Å². The summed E-state index contributed by atoms with van der Waals surface area (Å²) in [6.45, 7) is 7.72. The summed E-state index contributed by atoms with van der Waals surface area (Å²) in [4.78, 5) is 0. The summed E-state index contributed by atoms with van der Waals surface area (Å²) >= 11 is 0. The van der Waals surface area contributed by atoms with Crippen molar-refractivity contribution >= 4 is 10.9 Å². The third-order valence-electron chi connectivity index (χ3n) is 2.77. The van der Waals surface area contributed by atoms with E-state index >= 15 is 0 Å². The van der Waals surface area contributed by atoms with Crippen molar-refractivity contribution in [2.75, 3.05) is 0 Å². The van der Waals surface area contributed by atoms with Crippen molar-refractivity contribution in [2.24, 2.45) is 0 Å². The molecule has 1 aromatic heterocycles. The number of fused-ring (bicyclic) bond motifs is 1. The Morgan fingerprint density at radius 3 is 2.64 bits per heavy atom. The molecule has 74 valence electrons. The van der Waals surface area contributed by atoms with Crippen LogP contribution in [0.4, 0.5) is 0 Å². The van der Waals surface area contributed by atoms with Crippen LogP contribution < -0.4 is 0 Å². The molecule has 0 saturated carbocycles. The van der Waals surface area contributed by atoms with Crippen molar-refractivity contribution in [3.63, 3.8) is 0 Å². The van der Waals surface area contributed by atoms with Gasteiger partial charge in [-0.1, -0.05) is 19.1 Å². The second-order valence-electron chi connectivity index (χ2n) is 3.97. The normalized spacial score (nSPS) is 11.1. The molecule has 0 aliphatic carbocycles. The molecule has 2 rings (SSSR count). The predicted octanol–water partition coefficient (Wildman–Crippen LogP) is 3.67. The van der Waals surface area contributed by atoms with E-state index in [0.29, 0.717) is 0 Å². The average Bonchev–Trinajstić information content (AvgIpc) is 2.46. The van der Waals surface area contributed by atoms with Gasteiger partial charge in [-0.3, -0.25) is 0 Å². The smallest absolute Gasteiger partial charge is 0.0485 e. The Balaban J connectivity index is 2.71. The lowest BCUT2D eigenvalue weighted by Crippen LogP contribution is -1.93. The Kier molecular flexibility index (Phi) is 2.32. The quantitative estimate of drug-likeness (QED) is 0.676. The molecule has 0 aliphatic heterocycles. The zero-order chi connectivity index (χ0) is 10.1. The van der Waals surface area contributed by atoms with Crippen molar-refractivity contribution in [3.05, 3.63) is 35.5 Å². The Labute approximate surface area is 85.4 Å². The molecule has 1 nitrogen and oxygen atoms in total. The number of rotatable bonds is 2. The molecule has 1 heterocycles. The summed E-state index contributed by atoms with van der Waals surface area (Å²) in [5.41, 5.74) is 4.16. The van der Waals surface area contributed by atoms with Gasteiger partial charge in [0.05, 0.1) is 0 Å². The maximum Gasteiger partial charge on any atom is 0.0485 e. The molecule has 2 aromatic rings. The van der Waals surface area contributed by atoms with Crippen LogP contribution in [0.5, 0.6) is 0 Å². The lowest BCUT2D eigenvalue weighted by molar-refractivity contribution is 0.702. The first-order valence-electron chi connectivity index (χ1n) is 5.29. The number of hydrogen-bond acceptors (Lipinski definition) is 0. The monoisotopic (exact) mass is 187 g/mol. The van der Waals surface area contributed by atoms with Crippen LogP contribution in [0.3, 0.4) is 0 Å². The van der Waals surface area contributed by atoms with Crippen LogP contribution in [-0.4, -0.2) is 4.57 Å². The molecule has 0 fully saturated rings. The first kappa shape index (κ1) is 9.32. The largest absolute Gasteiger partial charge is 0.347 e. The first-order chi connectivity index (χ1) is 6.74. The molecule has 0 aliphatic rings. The van der Waals surface area contributed by atoms with Crippen LogP contribution in [0.2, 0.25) is 0 Å². The highest BCUT2D eigenvalue weighted by Gasteiger charge is 2.05. The fourth-order valence-corrected chi connectivity index (χ4v) is 2.20. The summed E-state index contributed by atoms with van der Waals surface area (Å²) in [6, 6.07) is 6.54. The van der Waals surface area contributed by atoms with E-state index in [9.17, 15) is 0 Å². The lowest BCUT2D eigenvalue weighted by atomic mass is 10.1. The number of benzene rings is 1.